The Kier molecular flexibility index (Phi) is 17.1. The van der Waals surface area contributed by atoms with E-state index in [9.17, 15) is 5.26 Å². The maximum Gasteiger partial charge on any atom is 0.216 e. The fourth-order valence-electron chi connectivity index (χ4n) is 9.88. The van der Waals surface area contributed by atoms with Gasteiger partial charge in [-0.05, 0) is 209 Å². The van der Waals surface area contributed by atoms with Gasteiger partial charge in [-0.15, -0.1) is 0 Å². The van der Waals surface area contributed by atoms with E-state index >= 15 is 0 Å². The zero-order chi connectivity index (χ0) is 58.8. The standard InChI is InChI=1S/C40H36N2O2.C32H20N2.C4H11NO/c1-39(2)25-43-37(41-39)32-14-8-12-30(20-32)35-22-34(29-18-16-28(17-19-29)27-10-6-5-7-11-27)23-36(24-35)31-13-9-15-33(21-31)38-42-40(3,4)26-44-38;1-34-32-12-6-11-28(21-32)31-19-29(18-30(20-31)27-10-5-7-23(17-27)22-33)26-15-13-25(14-16-26)24-8-3-2-4-9-24;1-4(2,5)3-6/h5-24H,25-26H2,1-4H3;2-21H;6H,3,5H2,1-2H3. The Morgan fingerprint density at radius 3 is 1.06 bits per heavy atom. The fraction of sp³-hybridized carbons (Fsp3) is 0.158. The zero-order valence-corrected chi connectivity index (χ0v) is 48.3. The van der Waals surface area contributed by atoms with Crippen molar-refractivity contribution in [2.75, 3.05) is 19.8 Å². The number of hydrogen-bond acceptors (Lipinski definition) is 7. The van der Waals surface area contributed by atoms with Crippen LogP contribution < -0.4 is 5.73 Å². The molecule has 0 aromatic heterocycles. The number of rotatable bonds is 11. The molecule has 3 N–H and O–H groups in total. The summed E-state index contributed by atoms with van der Waals surface area (Å²) < 4.78 is 12.0. The van der Waals surface area contributed by atoms with Gasteiger partial charge in [-0.25, -0.2) is 14.8 Å². The minimum absolute atomic E-state index is 0.0486. The first kappa shape index (κ1) is 57.3. The summed E-state index contributed by atoms with van der Waals surface area (Å²) in [5, 5.41) is 17.7. The summed E-state index contributed by atoms with van der Waals surface area (Å²) in [4.78, 5) is 13.2. The molecule has 0 spiro atoms. The third-order valence-corrected chi connectivity index (χ3v) is 14.4. The number of benzene rings is 10. The van der Waals surface area contributed by atoms with Gasteiger partial charge in [0.15, 0.2) is 5.69 Å². The summed E-state index contributed by atoms with van der Waals surface area (Å²) in [7, 11) is 0. The molecule has 0 fully saturated rings. The Balaban J connectivity index is 0.000000175. The van der Waals surface area contributed by atoms with Crippen LogP contribution in [0.5, 0.6) is 0 Å². The van der Waals surface area contributed by atoms with Crippen molar-refractivity contribution in [1.82, 2.24) is 0 Å². The highest BCUT2D eigenvalue weighted by Crippen LogP contribution is 2.38. The first-order valence-corrected chi connectivity index (χ1v) is 28.2. The lowest BCUT2D eigenvalue weighted by atomic mass is 9.91. The smallest absolute Gasteiger partial charge is 0.216 e. The van der Waals surface area contributed by atoms with Crippen molar-refractivity contribution in [2.45, 2.75) is 58.2 Å². The largest absolute Gasteiger partial charge is 0.475 e. The van der Waals surface area contributed by atoms with Gasteiger partial charge in [0, 0.05) is 16.7 Å². The second-order valence-electron chi connectivity index (χ2n) is 23.2. The summed E-state index contributed by atoms with van der Waals surface area (Å²) in [5.41, 5.74) is 25.5. The van der Waals surface area contributed by atoms with Crippen molar-refractivity contribution in [1.29, 1.82) is 5.26 Å². The number of aliphatic hydroxyl groups excluding tert-OH is 1. The molecule has 0 unspecified atom stereocenters. The van der Waals surface area contributed by atoms with Crippen LogP contribution in [-0.4, -0.2) is 53.3 Å². The molecule has 0 bridgehead atoms. The molecule has 414 valence electrons. The molecule has 2 aliphatic heterocycles. The van der Waals surface area contributed by atoms with Gasteiger partial charge in [-0.3, -0.25) is 0 Å². The molecular weight excluding hydrogens is 1030 g/mol. The number of nitrogens with zero attached hydrogens (tertiary/aromatic N) is 4. The highest BCUT2D eigenvalue weighted by Gasteiger charge is 2.28. The summed E-state index contributed by atoms with van der Waals surface area (Å²) in [6.07, 6.45) is 0. The molecule has 10 aromatic rings. The van der Waals surface area contributed by atoms with Crippen LogP contribution in [0, 0.1) is 17.9 Å². The van der Waals surface area contributed by atoms with Gasteiger partial charge in [0.05, 0.1) is 35.9 Å². The van der Waals surface area contributed by atoms with Crippen molar-refractivity contribution in [3.05, 3.63) is 271 Å². The quantitative estimate of drug-likeness (QED) is 0.125. The van der Waals surface area contributed by atoms with Crippen molar-refractivity contribution < 1.29 is 14.6 Å². The third-order valence-electron chi connectivity index (χ3n) is 14.4. The minimum Gasteiger partial charge on any atom is -0.475 e. The molecule has 8 nitrogen and oxygen atoms in total. The van der Waals surface area contributed by atoms with E-state index in [-0.39, 0.29) is 17.7 Å². The third kappa shape index (κ3) is 14.4. The summed E-state index contributed by atoms with van der Waals surface area (Å²) >= 11 is 0. The van der Waals surface area contributed by atoms with Crippen molar-refractivity contribution in [3.8, 4) is 95.1 Å². The Labute approximate surface area is 494 Å². The average molecular weight is 1100 g/mol. The molecule has 0 atom stereocenters. The summed E-state index contributed by atoms with van der Waals surface area (Å²) in [6.45, 7) is 20.5. The molecule has 2 aliphatic rings. The molecule has 12 rings (SSSR count). The van der Waals surface area contributed by atoms with Crippen LogP contribution in [-0.2, 0) is 9.47 Å². The van der Waals surface area contributed by atoms with Gasteiger partial charge in [0.1, 0.15) is 13.2 Å². The predicted molar refractivity (Wildman–Crippen MR) is 346 cm³/mol. The second-order valence-corrected chi connectivity index (χ2v) is 23.2. The lowest BCUT2D eigenvalue weighted by molar-refractivity contribution is 0.221. The van der Waals surface area contributed by atoms with E-state index in [0.29, 0.717) is 36.3 Å². The van der Waals surface area contributed by atoms with E-state index in [1.807, 2.05) is 72.8 Å². The van der Waals surface area contributed by atoms with Gasteiger partial charge in [0.25, 0.3) is 0 Å². The highest BCUT2D eigenvalue weighted by atomic mass is 16.5. The Morgan fingerprint density at radius 1 is 0.429 bits per heavy atom. The first-order chi connectivity index (χ1) is 40.5. The molecule has 8 heteroatoms. The van der Waals surface area contributed by atoms with Crippen LogP contribution in [0.2, 0.25) is 0 Å². The van der Waals surface area contributed by atoms with Gasteiger partial charge >= 0.3 is 0 Å². The highest BCUT2D eigenvalue weighted by molar-refractivity contribution is 5.98. The van der Waals surface area contributed by atoms with Gasteiger partial charge in [0.2, 0.25) is 11.8 Å². The summed E-state index contributed by atoms with van der Waals surface area (Å²) in [6, 6.07) is 86.1. The molecule has 2 heterocycles. The van der Waals surface area contributed by atoms with Gasteiger partial charge < -0.3 is 20.3 Å². The number of nitriles is 1. The number of ether oxygens (including phenoxy) is 2. The molecule has 0 saturated carbocycles. The minimum atomic E-state index is -0.403. The van der Waals surface area contributed by atoms with Crippen LogP contribution in [0.15, 0.2) is 253 Å². The molecule has 0 amide bonds. The number of nitrogens with two attached hydrogens (primary N) is 1. The molecule has 10 aromatic carbocycles. The lowest BCUT2D eigenvalue weighted by Gasteiger charge is -2.13. The van der Waals surface area contributed by atoms with E-state index in [1.54, 1.807) is 13.8 Å². The van der Waals surface area contributed by atoms with Crippen molar-refractivity contribution in [3.63, 3.8) is 0 Å². The SMILES string of the molecule is CC(C)(N)CO.CC1(C)COC(c2cccc(-c3cc(-c4ccc(-c5ccccc5)cc4)cc(-c4cccc(C5=NC(C)(C)CO5)c4)c3)c2)=N1.[C-]#[N+]c1cccc(-c2cc(-c3ccc(-c4ccccc4)cc3)cc(-c3cccc(C#N)c3)c2)c1. The Bertz CT molecular complexity index is 3930. The average Bonchev–Trinajstić information content (AvgIpc) is 4.26. The predicted octanol–water partition coefficient (Wildman–Crippen LogP) is 18.0. The van der Waals surface area contributed by atoms with E-state index in [2.05, 4.69) is 208 Å². The second kappa shape index (κ2) is 25.0. The normalized spacial score (nSPS) is 13.7. The van der Waals surface area contributed by atoms with Gasteiger partial charge in [-0.1, -0.05) is 164 Å². The topological polar surface area (TPSA) is 118 Å². The zero-order valence-electron chi connectivity index (χ0n) is 48.3. The van der Waals surface area contributed by atoms with Crippen molar-refractivity contribution >= 4 is 17.5 Å². The van der Waals surface area contributed by atoms with Crippen molar-refractivity contribution in [2.24, 2.45) is 15.7 Å². The molecular formula is C76H67N5O3. The van der Waals surface area contributed by atoms with E-state index < -0.39 is 5.54 Å². The Hall–Kier alpha value is -9.96. The van der Waals surface area contributed by atoms with Crippen LogP contribution in [0.1, 0.15) is 58.2 Å². The summed E-state index contributed by atoms with van der Waals surface area (Å²) in [5.74, 6) is 1.41. The Morgan fingerprint density at radius 2 is 0.714 bits per heavy atom. The maximum atomic E-state index is 9.37. The molecule has 0 saturated heterocycles. The monoisotopic (exact) mass is 1100 g/mol. The molecule has 0 radical (unpaired) electrons. The molecule has 84 heavy (non-hydrogen) atoms. The molecule has 0 aliphatic carbocycles. The number of aliphatic imine (C=N–C) groups is 2. The lowest BCUT2D eigenvalue weighted by Crippen LogP contribution is -2.35. The number of hydrogen-bond donors (Lipinski definition) is 2. The fourth-order valence-corrected chi connectivity index (χ4v) is 9.88. The number of aliphatic hydroxyl groups is 1. The van der Waals surface area contributed by atoms with Crippen LogP contribution in [0.3, 0.4) is 0 Å². The van der Waals surface area contributed by atoms with Crippen LogP contribution in [0.4, 0.5) is 5.69 Å². The van der Waals surface area contributed by atoms with E-state index in [1.165, 1.54) is 22.3 Å². The van der Waals surface area contributed by atoms with E-state index in [0.717, 1.165) is 77.9 Å². The van der Waals surface area contributed by atoms with E-state index in [4.69, 9.17) is 36.9 Å². The maximum absolute atomic E-state index is 9.37. The first-order valence-electron chi connectivity index (χ1n) is 28.2. The van der Waals surface area contributed by atoms with Gasteiger partial charge in [-0.2, -0.15) is 5.26 Å². The van der Waals surface area contributed by atoms with Crippen LogP contribution >= 0.6 is 0 Å². The van der Waals surface area contributed by atoms with Crippen LogP contribution in [0.25, 0.3) is 93.9 Å².